The zero-order valence-electron chi connectivity index (χ0n) is 10.5. The Kier molecular flexibility index (Phi) is 3.27. The summed E-state index contributed by atoms with van der Waals surface area (Å²) < 4.78 is 5.68. The molecule has 0 radical (unpaired) electrons. The van der Waals surface area contributed by atoms with Crippen LogP contribution in [0.15, 0.2) is 63.1 Å². The van der Waals surface area contributed by atoms with Gasteiger partial charge in [-0.05, 0) is 48.5 Å². The quantitative estimate of drug-likeness (QED) is 0.781. The summed E-state index contributed by atoms with van der Waals surface area (Å²) in [5, 5.41) is 0.662. The molecule has 3 aromatic rings. The van der Waals surface area contributed by atoms with Gasteiger partial charge in [-0.1, -0.05) is 24.3 Å². The van der Waals surface area contributed by atoms with Crippen LogP contribution in [-0.2, 0) is 0 Å². The molecule has 2 aromatic carbocycles. The van der Waals surface area contributed by atoms with Crippen molar-refractivity contribution < 1.29 is 4.42 Å². The molecule has 96 valence electrons. The smallest absolute Gasteiger partial charge is 0.261 e. The molecule has 0 unspecified atom stereocenters. The highest BCUT2D eigenvalue weighted by Crippen LogP contribution is 2.30. The average Bonchev–Trinajstić information content (AvgIpc) is 2.81. The predicted octanol–water partition coefficient (Wildman–Crippen LogP) is 4.00. The number of hydrogen-bond acceptors (Lipinski definition) is 4. The third-order valence-electron chi connectivity index (χ3n) is 2.89. The minimum Gasteiger partial charge on any atom is -0.431 e. The van der Waals surface area contributed by atoms with Crippen LogP contribution in [0.4, 0.5) is 0 Å². The Bertz CT molecular complexity index is 656. The molecule has 0 aliphatic carbocycles. The second-order valence-corrected chi connectivity index (χ2v) is 5.43. The van der Waals surface area contributed by atoms with Crippen molar-refractivity contribution in [2.24, 2.45) is 5.73 Å². The molecule has 0 bridgehead atoms. The number of hydrogen-bond donors (Lipinski definition) is 1. The molecular formula is C15H14N2OS. The van der Waals surface area contributed by atoms with Crippen molar-refractivity contribution in [3.8, 4) is 0 Å². The van der Waals surface area contributed by atoms with Crippen LogP contribution in [0.25, 0.3) is 11.1 Å². The normalized spacial score (nSPS) is 12.7. The van der Waals surface area contributed by atoms with Crippen LogP contribution >= 0.6 is 11.8 Å². The molecule has 0 saturated carbocycles. The Morgan fingerprint density at radius 3 is 2.53 bits per heavy atom. The highest BCUT2D eigenvalue weighted by atomic mass is 32.2. The molecule has 3 rings (SSSR count). The van der Waals surface area contributed by atoms with Crippen molar-refractivity contribution in [2.75, 3.05) is 0 Å². The first-order chi connectivity index (χ1) is 9.22. The first-order valence-electron chi connectivity index (χ1n) is 6.11. The fourth-order valence-electron chi connectivity index (χ4n) is 1.83. The Morgan fingerprint density at radius 1 is 1.11 bits per heavy atom. The maximum Gasteiger partial charge on any atom is 0.261 e. The van der Waals surface area contributed by atoms with Gasteiger partial charge in [-0.2, -0.15) is 0 Å². The zero-order chi connectivity index (χ0) is 13.2. The van der Waals surface area contributed by atoms with Crippen molar-refractivity contribution in [1.82, 2.24) is 4.98 Å². The van der Waals surface area contributed by atoms with Crippen molar-refractivity contribution in [2.45, 2.75) is 23.1 Å². The highest BCUT2D eigenvalue weighted by Gasteiger charge is 2.07. The van der Waals surface area contributed by atoms with E-state index in [-0.39, 0.29) is 6.04 Å². The van der Waals surface area contributed by atoms with Crippen molar-refractivity contribution in [3.05, 3.63) is 54.1 Å². The first kappa shape index (κ1) is 12.3. The van der Waals surface area contributed by atoms with E-state index in [0.717, 1.165) is 21.6 Å². The third kappa shape index (κ3) is 2.64. The highest BCUT2D eigenvalue weighted by molar-refractivity contribution is 7.99. The average molecular weight is 270 g/mol. The van der Waals surface area contributed by atoms with E-state index in [1.807, 2.05) is 55.5 Å². The van der Waals surface area contributed by atoms with E-state index in [0.29, 0.717) is 5.22 Å². The molecule has 4 heteroatoms. The molecule has 0 aliphatic heterocycles. The molecule has 0 spiro atoms. The van der Waals surface area contributed by atoms with Gasteiger partial charge in [0.25, 0.3) is 5.22 Å². The van der Waals surface area contributed by atoms with Gasteiger partial charge in [-0.25, -0.2) is 4.98 Å². The number of benzene rings is 2. The van der Waals surface area contributed by atoms with E-state index in [4.69, 9.17) is 10.2 Å². The second-order valence-electron chi connectivity index (χ2n) is 4.41. The number of nitrogens with zero attached hydrogens (tertiary/aromatic N) is 1. The predicted molar refractivity (Wildman–Crippen MR) is 77.2 cm³/mol. The fourth-order valence-corrected chi connectivity index (χ4v) is 2.58. The Balaban J connectivity index is 1.84. The molecule has 0 fully saturated rings. The van der Waals surface area contributed by atoms with Crippen LogP contribution in [0.5, 0.6) is 0 Å². The lowest BCUT2D eigenvalue weighted by Crippen LogP contribution is -2.04. The van der Waals surface area contributed by atoms with Crippen LogP contribution in [0.1, 0.15) is 18.5 Å². The molecule has 1 aromatic heterocycles. The van der Waals surface area contributed by atoms with Gasteiger partial charge >= 0.3 is 0 Å². The fraction of sp³-hybridized carbons (Fsp3) is 0.133. The van der Waals surface area contributed by atoms with Crippen LogP contribution in [-0.4, -0.2) is 4.98 Å². The Morgan fingerprint density at radius 2 is 1.84 bits per heavy atom. The molecule has 1 atom stereocenters. The molecular weight excluding hydrogens is 256 g/mol. The van der Waals surface area contributed by atoms with E-state index in [2.05, 4.69) is 4.98 Å². The van der Waals surface area contributed by atoms with Crippen molar-refractivity contribution in [1.29, 1.82) is 0 Å². The number of nitrogens with two attached hydrogens (primary N) is 1. The largest absolute Gasteiger partial charge is 0.431 e. The molecule has 3 nitrogen and oxygen atoms in total. The maximum absolute atomic E-state index is 5.83. The van der Waals surface area contributed by atoms with E-state index in [1.165, 1.54) is 11.8 Å². The topological polar surface area (TPSA) is 52.0 Å². The summed E-state index contributed by atoms with van der Waals surface area (Å²) in [6.07, 6.45) is 0. The number of para-hydroxylation sites is 2. The maximum atomic E-state index is 5.83. The number of oxazole rings is 1. The molecule has 0 amide bonds. The van der Waals surface area contributed by atoms with Gasteiger partial charge in [0.1, 0.15) is 5.52 Å². The third-order valence-corrected chi connectivity index (χ3v) is 3.74. The SMILES string of the molecule is C[C@H](N)c1ccc(Sc2nc3ccccc3o2)cc1. The number of aromatic nitrogens is 1. The standard InChI is InChI=1S/C15H14N2OS/c1-10(16)11-6-8-12(9-7-11)19-15-17-13-4-2-3-5-14(13)18-15/h2-10H,16H2,1H3/t10-/m0/s1. The molecule has 0 saturated heterocycles. The summed E-state index contributed by atoms with van der Waals surface area (Å²) in [5.41, 5.74) is 8.66. The van der Waals surface area contributed by atoms with E-state index >= 15 is 0 Å². The van der Waals surface area contributed by atoms with E-state index in [1.54, 1.807) is 0 Å². The Labute approximate surface area is 115 Å². The number of fused-ring (bicyclic) bond motifs is 1. The summed E-state index contributed by atoms with van der Waals surface area (Å²) in [4.78, 5) is 5.53. The number of rotatable bonds is 3. The van der Waals surface area contributed by atoms with E-state index < -0.39 is 0 Å². The summed E-state index contributed by atoms with van der Waals surface area (Å²) in [6.45, 7) is 1.98. The molecule has 0 aliphatic rings. The molecule has 1 heterocycles. The molecule has 2 N–H and O–H groups in total. The summed E-state index contributed by atoms with van der Waals surface area (Å²) >= 11 is 1.52. The lowest BCUT2D eigenvalue weighted by molar-refractivity contribution is 0.489. The second kappa shape index (κ2) is 5.07. The lowest BCUT2D eigenvalue weighted by Gasteiger charge is -2.05. The van der Waals surface area contributed by atoms with Crippen LogP contribution in [0.2, 0.25) is 0 Å². The van der Waals surface area contributed by atoms with Crippen molar-refractivity contribution >= 4 is 22.9 Å². The van der Waals surface area contributed by atoms with Crippen LogP contribution in [0, 0.1) is 0 Å². The summed E-state index contributed by atoms with van der Waals surface area (Å²) in [6, 6.07) is 16.0. The summed E-state index contributed by atoms with van der Waals surface area (Å²) in [7, 11) is 0. The lowest BCUT2D eigenvalue weighted by atomic mass is 10.1. The minimum atomic E-state index is 0.0587. The zero-order valence-corrected chi connectivity index (χ0v) is 11.4. The first-order valence-corrected chi connectivity index (χ1v) is 6.93. The van der Waals surface area contributed by atoms with E-state index in [9.17, 15) is 0 Å². The van der Waals surface area contributed by atoms with Gasteiger partial charge < -0.3 is 10.2 Å². The monoisotopic (exact) mass is 270 g/mol. The van der Waals surface area contributed by atoms with Gasteiger partial charge in [0.05, 0.1) is 0 Å². The van der Waals surface area contributed by atoms with Gasteiger partial charge in [0.2, 0.25) is 0 Å². The van der Waals surface area contributed by atoms with Gasteiger partial charge in [-0.3, -0.25) is 0 Å². The molecule has 19 heavy (non-hydrogen) atoms. The Hall–Kier alpha value is -1.78. The van der Waals surface area contributed by atoms with Crippen LogP contribution < -0.4 is 5.73 Å². The van der Waals surface area contributed by atoms with Crippen molar-refractivity contribution in [3.63, 3.8) is 0 Å². The van der Waals surface area contributed by atoms with Crippen LogP contribution in [0.3, 0.4) is 0 Å². The van der Waals surface area contributed by atoms with Gasteiger partial charge in [0, 0.05) is 10.9 Å². The van der Waals surface area contributed by atoms with Gasteiger partial charge in [-0.15, -0.1) is 0 Å². The minimum absolute atomic E-state index is 0.0587. The van der Waals surface area contributed by atoms with Gasteiger partial charge in [0.15, 0.2) is 5.58 Å². The summed E-state index contributed by atoms with van der Waals surface area (Å²) in [5.74, 6) is 0.